The summed E-state index contributed by atoms with van der Waals surface area (Å²) < 4.78 is 7.59. The number of nitro groups is 1. The molecule has 0 radical (unpaired) electrons. The van der Waals surface area contributed by atoms with Gasteiger partial charge >= 0.3 is 0 Å². The molecule has 0 N–H and O–H groups in total. The minimum atomic E-state index is -0.565. The van der Waals surface area contributed by atoms with Gasteiger partial charge in [0.05, 0.1) is 32.1 Å². The average molecular weight is 563 g/mol. The molecule has 2 aromatic heterocycles. The van der Waals surface area contributed by atoms with E-state index in [1.807, 2.05) is 13.0 Å². The summed E-state index contributed by atoms with van der Waals surface area (Å²) in [5, 5.41) is 15.8. The smallest absolute Gasteiger partial charge is 0.287 e. The Hall–Kier alpha value is -3.34. The van der Waals surface area contributed by atoms with Crippen molar-refractivity contribution in [1.29, 1.82) is 0 Å². The van der Waals surface area contributed by atoms with Gasteiger partial charge in [0.15, 0.2) is 5.75 Å². The number of ether oxygens (including phenoxy) is 1. The van der Waals surface area contributed by atoms with Crippen LogP contribution in [0.2, 0.25) is 10.0 Å². The Morgan fingerprint density at radius 3 is 2.56 bits per heavy atom. The highest BCUT2D eigenvalue weighted by Gasteiger charge is 2.14. The molecular weight excluding hydrogens is 549 g/mol. The van der Waals surface area contributed by atoms with Crippen LogP contribution < -0.4 is 10.3 Å². The fourth-order valence-corrected chi connectivity index (χ4v) is 4.01. The van der Waals surface area contributed by atoms with Crippen molar-refractivity contribution >= 4 is 61.9 Å². The molecule has 34 heavy (non-hydrogen) atoms. The molecule has 0 aliphatic heterocycles. The molecule has 0 bridgehead atoms. The molecule has 0 aliphatic rings. The van der Waals surface area contributed by atoms with E-state index in [9.17, 15) is 14.9 Å². The first kappa shape index (κ1) is 23.8. The van der Waals surface area contributed by atoms with Crippen molar-refractivity contribution in [3.63, 3.8) is 0 Å². The van der Waals surface area contributed by atoms with E-state index in [0.717, 1.165) is 10.7 Å². The van der Waals surface area contributed by atoms with Gasteiger partial charge in [-0.3, -0.25) is 14.9 Å². The third kappa shape index (κ3) is 4.93. The first-order valence-corrected chi connectivity index (χ1v) is 11.3. The quantitative estimate of drug-likeness (QED) is 0.162. The van der Waals surface area contributed by atoms with E-state index in [-0.39, 0.29) is 32.9 Å². The van der Waals surface area contributed by atoms with Crippen LogP contribution in [0.1, 0.15) is 18.3 Å². The Kier molecular flexibility index (Phi) is 6.92. The molecule has 12 heteroatoms. The number of aromatic nitrogens is 3. The van der Waals surface area contributed by atoms with Gasteiger partial charge in [-0.2, -0.15) is 9.78 Å². The molecule has 0 atom stereocenters. The summed E-state index contributed by atoms with van der Waals surface area (Å²) in [7, 11) is 0. The predicted octanol–water partition coefficient (Wildman–Crippen LogP) is 6.01. The van der Waals surface area contributed by atoms with Gasteiger partial charge in [-0.05, 0) is 35.9 Å². The third-order valence-corrected chi connectivity index (χ3v) is 5.73. The lowest BCUT2D eigenvalue weighted by atomic mass is 10.2. The van der Waals surface area contributed by atoms with Crippen LogP contribution in [0.5, 0.6) is 11.6 Å². The normalized spacial score (nSPS) is 11.3. The average Bonchev–Trinajstić information content (AvgIpc) is 2.81. The zero-order chi connectivity index (χ0) is 24.4. The number of nitrogens with zero attached hydrogens (tertiary/aromatic N) is 5. The van der Waals surface area contributed by atoms with Crippen molar-refractivity contribution in [3.8, 4) is 11.6 Å². The lowest BCUT2D eigenvalue weighted by molar-refractivity contribution is -0.385. The van der Waals surface area contributed by atoms with Gasteiger partial charge in [-0.15, -0.1) is 0 Å². The maximum atomic E-state index is 13.0. The number of pyridine rings is 1. The van der Waals surface area contributed by atoms with Gasteiger partial charge < -0.3 is 4.74 Å². The molecule has 4 rings (SSSR count). The van der Waals surface area contributed by atoms with E-state index < -0.39 is 4.92 Å². The Balaban J connectivity index is 1.66. The van der Waals surface area contributed by atoms with Crippen molar-refractivity contribution in [3.05, 3.63) is 95.0 Å². The van der Waals surface area contributed by atoms with Crippen LogP contribution in [0.3, 0.4) is 0 Å². The molecule has 0 saturated carbocycles. The topological polar surface area (TPSA) is 113 Å². The zero-order valence-electron chi connectivity index (χ0n) is 17.4. The van der Waals surface area contributed by atoms with Crippen molar-refractivity contribution in [2.24, 2.45) is 5.10 Å². The molecular formula is C22H14BrCl2N5O4. The molecule has 0 spiro atoms. The van der Waals surface area contributed by atoms with E-state index in [4.69, 9.17) is 27.9 Å². The molecule has 9 nitrogen and oxygen atoms in total. The standard InChI is InChI=1S/C22H14BrCl2N5O4/c1-2-19-28-18-5-3-13(23)9-15(18)22(31)29(19)27-10-12-7-16(24)21(17(25)8-12)34-20-6-4-14(11-26-20)30(32)33/h3-11H,2H2,1H3. The van der Waals surface area contributed by atoms with Crippen molar-refractivity contribution < 1.29 is 9.66 Å². The number of benzene rings is 2. The molecule has 2 aromatic carbocycles. The number of hydrogen-bond acceptors (Lipinski definition) is 7. The molecule has 0 saturated heterocycles. The molecule has 0 unspecified atom stereocenters. The first-order chi connectivity index (χ1) is 16.3. The van der Waals surface area contributed by atoms with Crippen LogP contribution in [0.25, 0.3) is 10.9 Å². The summed E-state index contributed by atoms with van der Waals surface area (Å²) in [5.74, 6) is 0.714. The van der Waals surface area contributed by atoms with E-state index in [1.165, 1.54) is 23.0 Å². The second-order valence-electron chi connectivity index (χ2n) is 6.93. The number of halogens is 3. The highest BCUT2D eigenvalue weighted by Crippen LogP contribution is 2.36. The van der Waals surface area contributed by atoms with E-state index >= 15 is 0 Å². The highest BCUT2D eigenvalue weighted by atomic mass is 79.9. The minimum Gasteiger partial charge on any atom is -0.436 e. The monoisotopic (exact) mass is 561 g/mol. The van der Waals surface area contributed by atoms with Crippen LogP contribution >= 0.6 is 39.1 Å². The van der Waals surface area contributed by atoms with Gasteiger partial charge in [-0.25, -0.2) is 9.97 Å². The highest BCUT2D eigenvalue weighted by molar-refractivity contribution is 9.10. The molecule has 172 valence electrons. The molecule has 2 heterocycles. The van der Waals surface area contributed by atoms with E-state index in [2.05, 4.69) is 31.0 Å². The van der Waals surface area contributed by atoms with Crippen LogP contribution in [0.4, 0.5) is 5.69 Å². The predicted molar refractivity (Wildman–Crippen MR) is 134 cm³/mol. The van der Waals surface area contributed by atoms with Gasteiger partial charge in [0.1, 0.15) is 12.0 Å². The van der Waals surface area contributed by atoms with Crippen molar-refractivity contribution in [1.82, 2.24) is 14.6 Å². The molecule has 0 amide bonds. The van der Waals surface area contributed by atoms with Gasteiger partial charge in [-0.1, -0.05) is 46.1 Å². The second kappa shape index (κ2) is 9.88. The Morgan fingerprint density at radius 1 is 1.21 bits per heavy atom. The SMILES string of the molecule is CCc1nc2ccc(Br)cc2c(=O)n1N=Cc1cc(Cl)c(Oc2ccc([N+](=O)[O-])cn2)c(Cl)c1. The minimum absolute atomic E-state index is 0.0864. The van der Waals surface area contributed by atoms with Crippen molar-refractivity contribution in [2.75, 3.05) is 0 Å². The van der Waals surface area contributed by atoms with Crippen LogP contribution in [0.15, 0.2) is 63.0 Å². The Labute approximate surface area is 210 Å². The maximum Gasteiger partial charge on any atom is 0.287 e. The summed E-state index contributed by atoms with van der Waals surface area (Å²) in [6.45, 7) is 1.88. The molecule has 4 aromatic rings. The third-order valence-electron chi connectivity index (χ3n) is 4.67. The van der Waals surface area contributed by atoms with Crippen molar-refractivity contribution in [2.45, 2.75) is 13.3 Å². The summed E-state index contributed by atoms with van der Waals surface area (Å²) in [6.07, 6.45) is 3.00. The lowest BCUT2D eigenvalue weighted by Gasteiger charge is -2.10. The number of rotatable bonds is 6. The molecule has 0 aliphatic carbocycles. The summed E-state index contributed by atoms with van der Waals surface area (Å²) >= 11 is 16.0. The second-order valence-corrected chi connectivity index (χ2v) is 8.66. The van der Waals surface area contributed by atoms with Gasteiger partial charge in [0.2, 0.25) is 5.88 Å². The summed E-state index contributed by atoms with van der Waals surface area (Å²) in [6, 6.07) is 11.0. The largest absolute Gasteiger partial charge is 0.436 e. The molecule has 0 fully saturated rings. The summed E-state index contributed by atoms with van der Waals surface area (Å²) in [5.41, 5.74) is 0.625. The maximum absolute atomic E-state index is 13.0. The lowest BCUT2D eigenvalue weighted by Crippen LogP contribution is -2.22. The van der Waals surface area contributed by atoms with Gasteiger partial charge in [0.25, 0.3) is 11.2 Å². The van der Waals surface area contributed by atoms with Crippen LogP contribution in [-0.4, -0.2) is 25.8 Å². The van der Waals surface area contributed by atoms with Crippen LogP contribution in [0, 0.1) is 10.1 Å². The first-order valence-electron chi connectivity index (χ1n) is 9.79. The van der Waals surface area contributed by atoms with E-state index in [1.54, 1.807) is 24.3 Å². The fraction of sp³-hybridized carbons (Fsp3) is 0.0909. The van der Waals surface area contributed by atoms with Crippen LogP contribution in [-0.2, 0) is 6.42 Å². The Morgan fingerprint density at radius 2 is 1.94 bits per heavy atom. The Bertz CT molecular complexity index is 1480. The number of fused-ring (bicyclic) bond motifs is 1. The van der Waals surface area contributed by atoms with Gasteiger partial charge in [0, 0.05) is 23.0 Å². The summed E-state index contributed by atoms with van der Waals surface area (Å²) in [4.78, 5) is 31.6. The zero-order valence-corrected chi connectivity index (χ0v) is 20.5. The fourth-order valence-electron chi connectivity index (χ4n) is 3.06. The number of hydrogen-bond donors (Lipinski definition) is 0. The number of aryl methyl sites for hydroxylation is 1. The van der Waals surface area contributed by atoms with E-state index in [0.29, 0.717) is 28.7 Å².